The number of carbonyl (C=O) groups excluding carboxylic acids is 2. The first-order valence-electron chi connectivity index (χ1n) is 6.64. The van der Waals surface area contributed by atoms with Crippen molar-refractivity contribution in [1.29, 1.82) is 0 Å². The first kappa shape index (κ1) is 13.9. The van der Waals surface area contributed by atoms with E-state index in [1.807, 2.05) is 0 Å². The quantitative estimate of drug-likeness (QED) is 0.775. The van der Waals surface area contributed by atoms with E-state index in [2.05, 4.69) is 15.9 Å². The Labute approximate surface area is 130 Å². The lowest BCUT2D eigenvalue weighted by atomic mass is 9.98. The Hall–Kier alpha value is -1.07. The lowest BCUT2D eigenvalue weighted by molar-refractivity contribution is -0.144. The van der Waals surface area contributed by atoms with Crippen molar-refractivity contribution in [2.24, 2.45) is 0 Å². The maximum Gasteiger partial charge on any atom is 0.250 e. The Morgan fingerprint density at radius 2 is 2.05 bits per heavy atom. The van der Waals surface area contributed by atoms with Crippen LogP contribution in [0.25, 0.3) is 0 Å². The van der Waals surface area contributed by atoms with Gasteiger partial charge >= 0.3 is 0 Å². The van der Waals surface area contributed by atoms with Gasteiger partial charge in [0.05, 0.1) is 5.69 Å². The van der Waals surface area contributed by atoms with Crippen molar-refractivity contribution < 1.29 is 9.59 Å². The third-order valence-corrected chi connectivity index (χ3v) is 4.74. The van der Waals surface area contributed by atoms with Gasteiger partial charge in [-0.05, 0) is 53.4 Å². The van der Waals surface area contributed by atoms with Crippen LogP contribution in [0.3, 0.4) is 0 Å². The van der Waals surface area contributed by atoms with Crippen LogP contribution < -0.4 is 4.90 Å². The summed E-state index contributed by atoms with van der Waals surface area (Å²) in [6.07, 6.45) is 2.74. The van der Waals surface area contributed by atoms with Crippen molar-refractivity contribution in [3.8, 4) is 0 Å². The Morgan fingerprint density at radius 3 is 2.80 bits per heavy atom. The molecule has 2 aliphatic rings. The molecule has 1 aromatic carbocycles. The maximum atomic E-state index is 12.6. The molecule has 0 N–H and O–H groups in total. The number of nitrogens with zero attached hydrogens (tertiary/aromatic N) is 2. The first-order chi connectivity index (χ1) is 9.58. The minimum absolute atomic E-state index is 0.00678. The normalized spacial score (nSPS) is 23.0. The zero-order chi connectivity index (χ0) is 14.3. The van der Waals surface area contributed by atoms with Crippen molar-refractivity contribution in [3.05, 3.63) is 27.7 Å². The SMILES string of the molecule is O=C1C2CCCCN2C(=O)CN1c1ccc(Cl)cc1Br. The molecule has 1 atom stereocenters. The number of anilines is 1. The Kier molecular flexibility index (Phi) is 3.73. The van der Waals surface area contributed by atoms with E-state index in [0.717, 1.165) is 23.7 Å². The fourth-order valence-electron chi connectivity index (χ4n) is 2.87. The highest BCUT2D eigenvalue weighted by Crippen LogP contribution is 2.33. The Bertz CT molecular complexity index is 578. The molecular formula is C14H14BrClN2O2. The van der Waals surface area contributed by atoms with E-state index < -0.39 is 0 Å². The summed E-state index contributed by atoms with van der Waals surface area (Å²) in [4.78, 5) is 28.1. The van der Waals surface area contributed by atoms with E-state index in [-0.39, 0.29) is 24.4 Å². The highest BCUT2D eigenvalue weighted by atomic mass is 79.9. The average molecular weight is 358 g/mol. The molecule has 2 saturated heterocycles. The van der Waals surface area contributed by atoms with E-state index in [4.69, 9.17) is 11.6 Å². The molecule has 2 aliphatic heterocycles. The number of hydrogen-bond acceptors (Lipinski definition) is 2. The van der Waals surface area contributed by atoms with E-state index in [1.165, 1.54) is 0 Å². The molecule has 0 radical (unpaired) electrons. The molecule has 2 amide bonds. The molecule has 0 bridgehead atoms. The van der Waals surface area contributed by atoms with Crippen LogP contribution in [-0.2, 0) is 9.59 Å². The van der Waals surface area contributed by atoms with E-state index in [9.17, 15) is 9.59 Å². The Balaban J connectivity index is 1.94. The molecule has 1 aromatic rings. The van der Waals surface area contributed by atoms with Gasteiger partial charge in [0.1, 0.15) is 12.6 Å². The largest absolute Gasteiger partial charge is 0.329 e. The van der Waals surface area contributed by atoms with Crippen molar-refractivity contribution >= 4 is 45.0 Å². The summed E-state index contributed by atoms with van der Waals surface area (Å²) in [6.45, 7) is 0.806. The first-order valence-corrected chi connectivity index (χ1v) is 7.81. The van der Waals surface area contributed by atoms with Crippen molar-refractivity contribution in [2.45, 2.75) is 25.3 Å². The summed E-state index contributed by atoms with van der Waals surface area (Å²) in [5.74, 6) is 0.0310. The van der Waals surface area contributed by atoms with E-state index in [1.54, 1.807) is 28.0 Å². The summed E-state index contributed by atoms with van der Waals surface area (Å²) in [5.41, 5.74) is 0.706. The lowest BCUT2D eigenvalue weighted by Crippen LogP contribution is -2.61. The van der Waals surface area contributed by atoms with Crippen molar-refractivity contribution in [3.63, 3.8) is 0 Å². The highest BCUT2D eigenvalue weighted by molar-refractivity contribution is 9.10. The van der Waals surface area contributed by atoms with Crippen LogP contribution in [0.5, 0.6) is 0 Å². The predicted octanol–water partition coefficient (Wildman–Crippen LogP) is 2.83. The van der Waals surface area contributed by atoms with Crippen molar-refractivity contribution in [1.82, 2.24) is 4.90 Å². The summed E-state index contributed by atoms with van der Waals surface area (Å²) in [5, 5.41) is 0.593. The van der Waals surface area contributed by atoms with Crippen LogP contribution in [0.1, 0.15) is 19.3 Å². The van der Waals surface area contributed by atoms with Gasteiger partial charge in [0.15, 0.2) is 0 Å². The van der Waals surface area contributed by atoms with Gasteiger partial charge in [0.2, 0.25) is 11.8 Å². The lowest BCUT2D eigenvalue weighted by Gasteiger charge is -2.42. The third-order valence-electron chi connectivity index (χ3n) is 3.87. The number of piperidine rings is 1. The third kappa shape index (κ3) is 2.33. The van der Waals surface area contributed by atoms with Crippen LogP contribution in [0.2, 0.25) is 5.02 Å². The van der Waals surface area contributed by atoms with Crippen LogP contribution in [0, 0.1) is 0 Å². The van der Waals surface area contributed by atoms with Gasteiger partial charge in [-0.15, -0.1) is 0 Å². The number of rotatable bonds is 1. The number of fused-ring (bicyclic) bond motifs is 1. The second-order valence-electron chi connectivity index (χ2n) is 5.12. The maximum absolute atomic E-state index is 12.6. The molecule has 3 rings (SSSR count). The summed E-state index contributed by atoms with van der Waals surface area (Å²) >= 11 is 9.34. The number of piperazine rings is 1. The molecule has 4 nitrogen and oxygen atoms in total. The molecular weight excluding hydrogens is 344 g/mol. The summed E-state index contributed by atoms with van der Waals surface area (Å²) in [7, 11) is 0. The number of halogens is 2. The van der Waals surface area contributed by atoms with Crippen LogP contribution >= 0.6 is 27.5 Å². The molecule has 0 aromatic heterocycles. The van der Waals surface area contributed by atoms with Gasteiger partial charge in [-0.25, -0.2) is 0 Å². The molecule has 20 heavy (non-hydrogen) atoms. The molecule has 106 valence electrons. The van der Waals surface area contributed by atoms with Gasteiger partial charge in [-0.3, -0.25) is 9.59 Å². The van der Waals surface area contributed by atoms with Gasteiger partial charge in [0, 0.05) is 16.0 Å². The molecule has 6 heteroatoms. The van der Waals surface area contributed by atoms with Gasteiger partial charge in [0.25, 0.3) is 0 Å². The molecule has 2 fully saturated rings. The minimum atomic E-state index is -0.299. The predicted molar refractivity (Wildman–Crippen MR) is 80.9 cm³/mol. The molecule has 0 spiro atoms. The fraction of sp³-hybridized carbons (Fsp3) is 0.429. The monoisotopic (exact) mass is 356 g/mol. The average Bonchev–Trinajstić information content (AvgIpc) is 2.43. The molecule has 1 unspecified atom stereocenters. The molecule has 0 aliphatic carbocycles. The highest BCUT2D eigenvalue weighted by Gasteiger charge is 2.41. The van der Waals surface area contributed by atoms with Gasteiger partial charge < -0.3 is 9.80 Å². The second-order valence-corrected chi connectivity index (χ2v) is 6.41. The fourth-order valence-corrected chi connectivity index (χ4v) is 3.77. The standard InChI is InChI=1S/C14H14BrClN2O2/c15-10-7-9(16)4-5-11(10)18-8-13(19)17-6-2-1-3-12(17)14(18)20/h4-5,7,12H,1-3,6,8H2. The van der Waals surface area contributed by atoms with Crippen molar-refractivity contribution in [2.75, 3.05) is 18.0 Å². The minimum Gasteiger partial charge on any atom is -0.329 e. The summed E-state index contributed by atoms with van der Waals surface area (Å²) < 4.78 is 0.732. The van der Waals surface area contributed by atoms with E-state index in [0.29, 0.717) is 17.3 Å². The number of amides is 2. The topological polar surface area (TPSA) is 40.6 Å². The zero-order valence-corrected chi connectivity index (χ0v) is 13.2. The van der Waals surface area contributed by atoms with Gasteiger partial charge in [-0.2, -0.15) is 0 Å². The van der Waals surface area contributed by atoms with Crippen LogP contribution in [0.4, 0.5) is 5.69 Å². The summed E-state index contributed by atoms with van der Waals surface area (Å²) in [6, 6.07) is 4.94. The number of hydrogen-bond donors (Lipinski definition) is 0. The zero-order valence-electron chi connectivity index (χ0n) is 10.8. The number of benzene rings is 1. The second kappa shape index (κ2) is 5.37. The van der Waals surface area contributed by atoms with Crippen LogP contribution in [-0.4, -0.2) is 35.8 Å². The van der Waals surface area contributed by atoms with Crippen LogP contribution in [0.15, 0.2) is 22.7 Å². The smallest absolute Gasteiger partial charge is 0.250 e. The van der Waals surface area contributed by atoms with E-state index >= 15 is 0 Å². The molecule has 0 saturated carbocycles. The Morgan fingerprint density at radius 1 is 1.25 bits per heavy atom. The van der Waals surface area contributed by atoms with Gasteiger partial charge in [-0.1, -0.05) is 11.6 Å². The molecule has 2 heterocycles. The number of carbonyl (C=O) groups is 2.